The maximum Gasteiger partial charge on any atom is 0.134 e. The first kappa shape index (κ1) is 9.98. The Labute approximate surface area is 96.6 Å². The van der Waals surface area contributed by atoms with E-state index in [0.29, 0.717) is 6.54 Å². The minimum absolute atomic E-state index is 0.668. The molecule has 0 aliphatic rings. The largest absolute Gasteiger partial charge is 0.461 e. The number of aryl methyl sites for hydroxylation is 1. The van der Waals surface area contributed by atoms with Gasteiger partial charge in [0.2, 0.25) is 0 Å². The van der Waals surface area contributed by atoms with E-state index in [9.17, 15) is 0 Å². The zero-order valence-electron chi connectivity index (χ0n) is 8.01. The van der Waals surface area contributed by atoms with Gasteiger partial charge in [-0.05, 0) is 60.7 Å². The molecule has 0 aliphatic heterocycles. The van der Waals surface area contributed by atoms with Gasteiger partial charge in [-0.1, -0.05) is 0 Å². The van der Waals surface area contributed by atoms with Crippen LogP contribution in [0, 0.1) is 10.5 Å². The number of hydrogen-bond acceptors (Lipinski definition) is 2. The normalized spacial score (nSPS) is 11.1. The maximum absolute atomic E-state index is 5.65. The molecule has 3 heteroatoms. The molecule has 0 saturated carbocycles. The van der Waals surface area contributed by atoms with Gasteiger partial charge in [0, 0.05) is 14.5 Å². The lowest BCUT2D eigenvalue weighted by Gasteiger charge is -1.96. The van der Waals surface area contributed by atoms with E-state index in [1.807, 2.05) is 13.0 Å². The highest BCUT2D eigenvalue weighted by Gasteiger charge is 2.09. The van der Waals surface area contributed by atoms with Gasteiger partial charge in [-0.2, -0.15) is 0 Å². The van der Waals surface area contributed by atoms with Crippen LogP contribution in [-0.4, -0.2) is 6.54 Å². The summed E-state index contributed by atoms with van der Waals surface area (Å²) in [7, 11) is 0. The van der Waals surface area contributed by atoms with E-state index in [-0.39, 0.29) is 0 Å². The first-order chi connectivity index (χ1) is 6.72. The SMILES string of the molecule is Cc1oc2ccc(I)cc2c1CCN. The molecule has 0 amide bonds. The fourth-order valence-corrected chi connectivity index (χ4v) is 2.19. The molecule has 2 nitrogen and oxygen atoms in total. The van der Waals surface area contributed by atoms with Crippen LogP contribution in [0.3, 0.4) is 0 Å². The topological polar surface area (TPSA) is 39.2 Å². The van der Waals surface area contributed by atoms with Crippen molar-refractivity contribution in [1.29, 1.82) is 0 Å². The number of halogens is 1. The van der Waals surface area contributed by atoms with Gasteiger partial charge in [0.15, 0.2) is 0 Å². The van der Waals surface area contributed by atoms with Crippen molar-refractivity contribution >= 4 is 33.6 Å². The second-order valence-electron chi connectivity index (χ2n) is 3.32. The number of benzene rings is 1. The van der Waals surface area contributed by atoms with Gasteiger partial charge >= 0.3 is 0 Å². The molecule has 0 fully saturated rings. The van der Waals surface area contributed by atoms with Crippen molar-refractivity contribution in [3.63, 3.8) is 0 Å². The monoisotopic (exact) mass is 301 g/mol. The van der Waals surface area contributed by atoms with Crippen molar-refractivity contribution in [1.82, 2.24) is 0 Å². The number of hydrogen-bond donors (Lipinski definition) is 1. The fourth-order valence-electron chi connectivity index (χ4n) is 1.70. The fraction of sp³-hybridized carbons (Fsp3) is 0.273. The van der Waals surface area contributed by atoms with Crippen molar-refractivity contribution in [2.75, 3.05) is 6.54 Å². The Balaban J connectivity index is 2.66. The van der Waals surface area contributed by atoms with E-state index < -0.39 is 0 Å². The van der Waals surface area contributed by atoms with E-state index in [1.54, 1.807) is 0 Å². The van der Waals surface area contributed by atoms with E-state index in [0.717, 1.165) is 17.8 Å². The minimum atomic E-state index is 0.668. The molecular formula is C11H12INO. The Morgan fingerprint density at radius 2 is 2.21 bits per heavy atom. The van der Waals surface area contributed by atoms with Crippen molar-refractivity contribution in [3.05, 3.63) is 33.1 Å². The molecule has 0 radical (unpaired) electrons. The van der Waals surface area contributed by atoms with Gasteiger partial charge in [-0.15, -0.1) is 0 Å². The summed E-state index contributed by atoms with van der Waals surface area (Å²) in [4.78, 5) is 0. The molecular weight excluding hydrogens is 289 g/mol. The zero-order valence-corrected chi connectivity index (χ0v) is 10.2. The molecule has 1 heterocycles. The van der Waals surface area contributed by atoms with Crippen LogP contribution in [0.5, 0.6) is 0 Å². The highest BCUT2D eigenvalue weighted by Crippen LogP contribution is 2.27. The number of rotatable bonds is 2. The second kappa shape index (κ2) is 3.90. The first-order valence-electron chi connectivity index (χ1n) is 4.60. The predicted octanol–water partition coefficient (Wildman–Crippen LogP) is 2.85. The highest BCUT2D eigenvalue weighted by molar-refractivity contribution is 14.1. The third kappa shape index (κ3) is 1.66. The molecule has 2 aromatic rings. The summed E-state index contributed by atoms with van der Waals surface area (Å²) < 4.78 is 6.88. The Kier molecular flexibility index (Phi) is 2.78. The van der Waals surface area contributed by atoms with Crippen LogP contribution < -0.4 is 5.73 Å². The molecule has 2 N–H and O–H groups in total. The molecule has 2 rings (SSSR count). The summed E-state index contributed by atoms with van der Waals surface area (Å²) in [6.07, 6.45) is 0.888. The van der Waals surface area contributed by atoms with Gasteiger partial charge < -0.3 is 10.2 Å². The molecule has 1 aromatic carbocycles. The Hall–Kier alpha value is -0.550. The van der Waals surface area contributed by atoms with Gasteiger partial charge in [0.1, 0.15) is 11.3 Å². The first-order valence-corrected chi connectivity index (χ1v) is 5.68. The lowest BCUT2D eigenvalue weighted by Crippen LogP contribution is -2.02. The third-order valence-corrected chi connectivity index (χ3v) is 3.02. The minimum Gasteiger partial charge on any atom is -0.461 e. The lowest BCUT2D eigenvalue weighted by molar-refractivity contribution is 0.572. The van der Waals surface area contributed by atoms with Gasteiger partial charge in [-0.3, -0.25) is 0 Å². The van der Waals surface area contributed by atoms with Crippen LogP contribution >= 0.6 is 22.6 Å². The summed E-state index contributed by atoms with van der Waals surface area (Å²) in [6, 6.07) is 6.22. The number of fused-ring (bicyclic) bond motifs is 1. The van der Waals surface area contributed by atoms with E-state index >= 15 is 0 Å². The van der Waals surface area contributed by atoms with Crippen LogP contribution in [0.4, 0.5) is 0 Å². The molecule has 1 aromatic heterocycles. The summed E-state index contributed by atoms with van der Waals surface area (Å²) in [6.45, 7) is 2.67. The quantitative estimate of drug-likeness (QED) is 0.866. The smallest absolute Gasteiger partial charge is 0.134 e. The van der Waals surface area contributed by atoms with Crippen molar-refractivity contribution in [2.45, 2.75) is 13.3 Å². The van der Waals surface area contributed by atoms with E-state index in [2.05, 4.69) is 34.7 Å². The van der Waals surface area contributed by atoms with Gasteiger partial charge in [0.05, 0.1) is 0 Å². The van der Waals surface area contributed by atoms with Crippen molar-refractivity contribution < 1.29 is 4.42 Å². The molecule has 0 spiro atoms. The number of furan rings is 1. The Morgan fingerprint density at radius 3 is 2.93 bits per heavy atom. The lowest BCUT2D eigenvalue weighted by atomic mass is 10.1. The summed E-state index contributed by atoms with van der Waals surface area (Å²) in [5.41, 5.74) is 7.79. The average Bonchev–Trinajstić information content (AvgIpc) is 2.45. The predicted molar refractivity (Wildman–Crippen MR) is 66.4 cm³/mol. The summed E-state index contributed by atoms with van der Waals surface area (Å²) in [5, 5.41) is 1.21. The molecule has 0 saturated heterocycles. The zero-order chi connectivity index (χ0) is 10.1. The summed E-state index contributed by atoms with van der Waals surface area (Å²) >= 11 is 2.31. The highest BCUT2D eigenvalue weighted by atomic mass is 127. The van der Waals surface area contributed by atoms with Gasteiger partial charge in [-0.25, -0.2) is 0 Å². The van der Waals surface area contributed by atoms with Gasteiger partial charge in [0.25, 0.3) is 0 Å². The molecule has 0 bridgehead atoms. The Bertz CT molecular complexity index is 462. The maximum atomic E-state index is 5.65. The Morgan fingerprint density at radius 1 is 1.43 bits per heavy atom. The second-order valence-corrected chi connectivity index (χ2v) is 4.56. The van der Waals surface area contributed by atoms with Crippen LogP contribution in [-0.2, 0) is 6.42 Å². The molecule has 14 heavy (non-hydrogen) atoms. The van der Waals surface area contributed by atoms with Crippen molar-refractivity contribution in [3.8, 4) is 0 Å². The number of nitrogens with two attached hydrogens (primary N) is 1. The molecule has 0 aliphatic carbocycles. The van der Waals surface area contributed by atoms with Crippen LogP contribution in [0.15, 0.2) is 22.6 Å². The van der Waals surface area contributed by atoms with E-state index in [1.165, 1.54) is 14.5 Å². The molecule has 0 atom stereocenters. The van der Waals surface area contributed by atoms with Crippen LogP contribution in [0.1, 0.15) is 11.3 Å². The standard InChI is InChI=1S/C11H12INO/c1-7-9(4-5-13)10-6-8(12)2-3-11(10)14-7/h2-3,6H,4-5,13H2,1H3. The van der Waals surface area contributed by atoms with E-state index in [4.69, 9.17) is 10.2 Å². The third-order valence-electron chi connectivity index (χ3n) is 2.35. The molecule has 74 valence electrons. The van der Waals surface area contributed by atoms with Crippen LogP contribution in [0.2, 0.25) is 0 Å². The summed E-state index contributed by atoms with van der Waals surface area (Å²) in [5.74, 6) is 0.993. The van der Waals surface area contributed by atoms with Crippen LogP contribution in [0.25, 0.3) is 11.0 Å². The van der Waals surface area contributed by atoms with Crippen molar-refractivity contribution in [2.24, 2.45) is 5.73 Å². The average molecular weight is 301 g/mol. The molecule has 0 unspecified atom stereocenters.